The highest BCUT2D eigenvalue weighted by Crippen LogP contribution is 2.54. The van der Waals surface area contributed by atoms with Crippen molar-refractivity contribution in [2.75, 3.05) is 0 Å². The molecular formula is C59H38O. The van der Waals surface area contributed by atoms with Gasteiger partial charge in [0.15, 0.2) is 0 Å². The Kier molecular flexibility index (Phi) is 6.85. The van der Waals surface area contributed by atoms with Crippen LogP contribution in [0.3, 0.4) is 0 Å². The van der Waals surface area contributed by atoms with Gasteiger partial charge in [-0.15, -0.1) is 0 Å². The molecule has 1 aromatic heterocycles. The Labute approximate surface area is 347 Å². The van der Waals surface area contributed by atoms with Gasteiger partial charge < -0.3 is 4.42 Å². The second kappa shape index (κ2) is 12.3. The summed E-state index contributed by atoms with van der Waals surface area (Å²) in [6, 6.07) is 71.9. The van der Waals surface area contributed by atoms with Gasteiger partial charge in [0, 0.05) is 21.8 Å². The molecule has 11 aromatic carbocycles. The van der Waals surface area contributed by atoms with Gasteiger partial charge in [-0.25, -0.2) is 0 Å². The number of rotatable bonds is 3. The molecule has 13 rings (SSSR count). The van der Waals surface area contributed by atoms with Gasteiger partial charge in [-0.1, -0.05) is 196 Å². The fourth-order valence-corrected chi connectivity index (χ4v) is 10.9. The van der Waals surface area contributed by atoms with Crippen molar-refractivity contribution in [3.05, 3.63) is 205 Å². The van der Waals surface area contributed by atoms with E-state index in [1.54, 1.807) is 0 Å². The van der Waals surface area contributed by atoms with Crippen LogP contribution < -0.4 is 0 Å². The topological polar surface area (TPSA) is 13.1 Å². The van der Waals surface area contributed by atoms with Gasteiger partial charge in [0.05, 0.1) is 0 Å². The van der Waals surface area contributed by atoms with E-state index in [9.17, 15) is 0 Å². The summed E-state index contributed by atoms with van der Waals surface area (Å²) in [6.45, 7) is 4.71. The summed E-state index contributed by atoms with van der Waals surface area (Å²) in [4.78, 5) is 0. The minimum atomic E-state index is -0.162. The predicted octanol–water partition coefficient (Wildman–Crippen LogP) is 16.7. The van der Waals surface area contributed by atoms with Crippen LogP contribution >= 0.6 is 0 Å². The molecule has 12 aromatic rings. The molecule has 0 atom stereocenters. The van der Waals surface area contributed by atoms with E-state index in [1.807, 2.05) is 0 Å². The van der Waals surface area contributed by atoms with E-state index in [0.717, 1.165) is 11.2 Å². The maximum atomic E-state index is 6.86. The molecule has 0 spiro atoms. The highest BCUT2D eigenvalue weighted by molar-refractivity contribution is 6.26. The standard InChI is InChI=1S/C59H38O/c1-59(2)51-31-26-37(34-50(51)57-52(59)32-30-49-56-40-18-6-4-15-36(40)27-33-53(56)60-58(49)57)39-28-29-48(42-20-8-7-19-41(39)42)55-46-23-11-9-21-44(46)54(45-22-10-12-24-47(45)55)43-25-13-16-35-14-3-5-17-38(35)43/h3-34H,1-2H3. The molecule has 280 valence electrons. The van der Waals surface area contributed by atoms with E-state index in [-0.39, 0.29) is 5.41 Å². The lowest BCUT2D eigenvalue weighted by Crippen LogP contribution is -2.14. The Hall–Kier alpha value is -7.48. The van der Waals surface area contributed by atoms with Crippen molar-refractivity contribution >= 4 is 75.8 Å². The van der Waals surface area contributed by atoms with E-state index >= 15 is 0 Å². The van der Waals surface area contributed by atoms with Crippen molar-refractivity contribution in [3.8, 4) is 44.5 Å². The average Bonchev–Trinajstić information content (AvgIpc) is 3.79. The molecule has 0 saturated carbocycles. The summed E-state index contributed by atoms with van der Waals surface area (Å²) >= 11 is 0. The van der Waals surface area contributed by atoms with Gasteiger partial charge in [0.2, 0.25) is 0 Å². The molecule has 1 heterocycles. The molecule has 0 bridgehead atoms. The number of hydrogen-bond acceptors (Lipinski definition) is 1. The minimum Gasteiger partial charge on any atom is -0.455 e. The summed E-state index contributed by atoms with van der Waals surface area (Å²) in [5, 5.41) is 14.9. The highest BCUT2D eigenvalue weighted by atomic mass is 16.3. The SMILES string of the molecule is CC1(C)c2ccc(-c3ccc(-c4c5ccccc5c(-c5cccc6ccccc56)c5ccccc45)c4ccccc34)cc2-c2c1ccc1c2oc2ccc3ccccc3c21. The molecule has 0 amide bonds. The average molecular weight is 763 g/mol. The molecular weight excluding hydrogens is 725 g/mol. The van der Waals surface area contributed by atoms with E-state index in [2.05, 4.69) is 208 Å². The Morgan fingerprint density at radius 1 is 0.333 bits per heavy atom. The lowest BCUT2D eigenvalue weighted by Gasteiger charge is -2.22. The van der Waals surface area contributed by atoms with Crippen LogP contribution in [0.15, 0.2) is 199 Å². The van der Waals surface area contributed by atoms with Gasteiger partial charge in [0.25, 0.3) is 0 Å². The van der Waals surface area contributed by atoms with Gasteiger partial charge in [-0.2, -0.15) is 0 Å². The summed E-state index contributed by atoms with van der Waals surface area (Å²) in [7, 11) is 0. The van der Waals surface area contributed by atoms with Crippen molar-refractivity contribution in [3.63, 3.8) is 0 Å². The molecule has 0 aliphatic heterocycles. The highest BCUT2D eigenvalue weighted by Gasteiger charge is 2.38. The van der Waals surface area contributed by atoms with Crippen LogP contribution in [-0.2, 0) is 5.41 Å². The third kappa shape index (κ3) is 4.52. The Balaban J connectivity index is 1.04. The first-order valence-electron chi connectivity index (χ1n) is 21.0. The Morgan fingerprint density at radius 2 is 0.850 bits per heavy atom. The van der Waals surface area contributed by atoms with Crippen molar-refractivity contribution < 1.29 is 4.42 Å². The summed E-state index contributed by atoms with van der Waals surface area (Å²) in [6.07, 6.45) is 0. The number of fused-ring (bicyclic) bond motifs is 13. The zero-order valence-electron chi connectivity index (χ0n) is 33.4. The molecule has 1 heteroatoms. The van der Waals surface area contributed by atoms with Crippen LogP contribution in [0.2, 0.25) is 0 Å². The Bertz CT molecular complexity index is 3740. The van der Waals surface area contributed by atoms with Crippen molar-refractivity contribution in [2.24, 2.45) is 0 Å². The molecule has 0 saturated heterocycles. The molecule has 0 unspecified atom stereocenters. The molecule has 60 heavy (non-hydrogen) atoms. The van der Waals surface area contributed by atoms with Gasteiger partial charge in [-0.05, 0) is 116 Å². The van der Waals surface area contributed by atoms with Crippen LogP contribution in [0.1, 0.15) is 25.0 Å². The van der Waals surface area contributed by atoms with E-state index in [0.29, 0.717) is 0 Å². The first-order chi connectivity index (χ1) is 29.5. The third-order valence-corrected chi connectivity index (χ3v) is 13.7. The van der Waals surface area contributed by atoms with Crippen LogP contribution in [-0.4, -0.2) is 0 Å². The molecule has 1 nitrogen and oxygen atoms in total. The minimum absolute atomic E-state index is 0.162. The van der Waals surface area contributed by atoms with Crippen LogP contribution in [0.25, 0.3) is 120 Å². The van der Waals surface area contributed by atoms with Crippen molar-refractivity contribution in [1.82, 2.24) is 0 Å². The first kappa shape index (κ1) is 33.5. The number of furan rings is 1. The van der Waals surface area contributed by atoms with E-state index in [1.165, 1.54) is 120 Å². The van der Waals surface area contributed by atoms with Crippen LogP contribution in [0.4, 0.5) is 0 Å². The van der Waals surface area contributed by atoms with Crippen LogP contribution in [0.5, 0.6) is 0 Å². The van der Waals surface area contributed by atoms with Crippen molar-refractivity contribution in [2.45, 2.75) is 19.3 Å². The zero-order valence-corrected chi connectivity index (χ0v) is 33.4. The maximum Gasteiger partial charge on any atom is 0.143 e. The van der Waals surface area contributed by atoms with Gasteiger partial charge in [-0.3, -0.25) is 0 Å². The van der Waals surface area contributed by atoms with E-state index < -0.39 is 0 Å². The second-order valence-electron chi connectivity index (χ2n) is 17.1. The summed E-state index contributed by atoms with van der Waals surface area (Å²) in [5.74, 6) is 0. The normalized spacial score (nSPS) is 13.3. The van der Waals surface area contributed by atoms with Crippen molar-refractivity contribution in [1.29, 1.82) is 0 Å². The quantitative estimate of drug-likeness (QED) is 0.163. The lowest BCUT2D eigenvalue weighted by molar-refractivity contribution is 0.653. The van der Waals surface area contributed by atoms with Gasteiger partial charge in [0.1, 0.15) is 11.2 Å². The molecule has 1 aliphatic carbocycles. The predicted molar refractivity (Wildman–Crippen MR) is 255 cm³/mol. The van der Waals surface area contributed by atoms with Gasteiger partial charge >= 0.3 is 0 Å². The fraction of sp³-hybridized carbons (Fsp3) is 0.0508. The van der Waals surface area contributed by atoms with E-state index in [4.69, 9.17) is 4.42 Å². The zero-order chi connectivity index (χ0) is 39.7. The molecule has 1 aliphatic rings. The van der Waals surface area contributed by atoms with Crippen LogP contribution in [0, 0.1) is 0 Å². The molecule has 0 radical (unpaired) electrons. The summed E-state index contributed by atoms with van der Waals surface area (Å²) in [5.41, 5.74) is 14.4. The lowest BCUT2D eigenvalue weighted by atomic mass is 9.81. The third-order valence-electron chi connectivity index (χ3n) is 13.7. The largest absolute Gasteiger partial charge is 0.455 e. The summed E-state index contributed by atoms with van der Waals surface area (Å²) < 4.78 is 6.86. The number of hydrogen-bond donors (Lipinski definition) is 0. The maximum absolute atomic E-state index is 6.86. The number of benzene rings is 11. The molecule has 0 fully saturated rings. The Morgan fingerprint density at radius 3 is 1.53 bits per heavy atom. The fourth-order valence-electron chi connectivity index (χ4n) is 10.9. The first-order valence-corrected chi connectivity index (χ1v) is 21.0. The monoisotopic (exact) mass is 762 g/mol. The molecule has 0 N–H and O–H groups in total. The second-order valence-corrected chi connectivity index (χ2v) is 17.1. The smallest absolute Gasteiger partial charge is 0.143 e.